The topological polar surface area (TPSA) is 71.4 Å². The van der Waals surface area contributed by atoms with Gasteiger partial charge in [0.15, 0.2) is 15.6 Å². The van der Waals surface area contributed by atoms with Crippen LogP contribution in [0, 0.1) is 0 Å². The number of benzene rings is 4. The first kappa shape index (κ1) is 27.2. The van der Waals surface area contributed by atoms with E-state index in [4.69, 9.17) is 0 Å². The second-order valence-corrected chi connectivity index (χ2v) is 13.8. The zero-order valence-electron chi connectivity index (χ0n) is 20.7. The molecular formula is C30H29O4S3+. The molecule has 0 aromatic heterocycles. The lowest BCUT2D eigenvalue weighted by Gasteiger charge is -2.16. The number of Topliss-reactive ketones (excluding diaryl/α,β-unsaturated/α-hetero) is 1. The van der Waals surface area contributed by atoms with Gasteiger partial charge in [0, 0.05) is 21.8 Å². The van der Waals surface area contributed by atoms with Gasteiger partial charge in [0.05, 0.1) is 10.9 Å². The minimum atomic E-state index is -4.23. The molecule has 190 valence electrons. The molecule has 0 fully saturated rings. The fraction of sp³-hybridized carbons (Fsp3) is 0.167. The molecule has 0 spiro atoms. The standard InChI is InChI=1S/C30H28O4S3/c1-3-7-30(37(32,33)34)36(28-8-5-4-6-9-28)29-20-14-25(15-21-29)24-12-18-27(19-13-24)35-26-16-10-23(11-17-26)22(2)31/h4-6,8-21,30H,3,7H2,1-2H3/p+1. The molecule has 4 rings (SSSR count). The summed E-state index contributed by atoms with van der Waals surface area (Å²) >= 11 is 1.64. The summed E-state index contributed by atoms with van der Waals surface area (Å²) in [4.78, 5) is 15.4. The van der Waals surface area contributed by atoms with Crippen molar-refractivity contribution in [2.24, 2.45) is 0 Å². The molecule has 0 radical (unpaired) electrons. The predicted molar refractivity (Wildman–Crippen MR) is 153 cm³/mol. The lowest BCUT2D eigenvalue weighted by atomic mass is 10.1. The van der Waals surface area contributed by atoms with Gasteiger partial charge in [0.2, 0.25) is 0 Å². The Balaban J connectivity index is 1.57. The Labute approximate surface area is 226 Å². The Morgan fingerprint density at radius 2 is 1.27 bits per heavy atom. The molecular weight excluding hydrogens is 521 g/mol. The van der Waals surface area contributed by atoms with Gasteiger partial charge >= 0.3 is 10.1 Å². The number of carbonyl (C=O) groups excluding carboxylic acids is 1. The second kappa shape index (κ2) is 12.1. The van der Waals surface area contributed by atoms with Crippen LogP contribution in [0.4, 0.5) is 0 Å². The number of carbonyl (C=O) groups is 1. The third-order valence-corrected chi connectivity index (χ3v) is 11.5. The molecule has 0 bridgehead atoms. The van der Waals surface area contributed by atoms with Gasteiger partial charge in [-0.15, -0.1) is 0 Å². The summed E-state index contributed by atoms with van der Waals surface area (Å²) in [6.45, 7) is 3.49. The molecule has 4 aromatic carbocycles. The van der Waals surface area contributed by atoms with Crippen LogP contribution in [0.15, 0.2) is 123 Å². The second-order valence-electron chi connectivity index (χ2n) is 8.62. The van der Waals surface area contributed by atoms with E-state index in [1.807, 2.05) is 85.8 Å². The quantitative estimate of drug-likeness (QED) is 0.124. The highest BCUT2D eigenvalue weighted by Gasteiger charge is 2.43. The highest BCUT2D eigenvalue weighted by molar-refractivity contribution is 8.09. The maximum absolute atomic E-state index is 12.4. The number of hydrogen-bond donors (Lipinski definition) is 1. The van der Waals surface area contributed by atoms with Gasteiger partial charge in [-0.2, -0.15) is 8.42 Å². The van der Waals surface area contributed by atoms with Crippen molar-refractivity contribution in [3.8, 4) is 11.1 Å². The van der Waals surface area contributed by atoms with Crippen LogP contribution in [-0.4, -0.2) is 23.3 Å². The molecule has 0 amide bonds. The zero-order chi connectivity index (χ0) is 26.4. The van der Waals surface area contributed by atoms with Crippen molar-refractivity contribution in [1.82, 2.24) is 0 Å². The van der Waals surface area contributed by atoms with Gasteiger partial charge in [-0.1, -0.05) is 67.6 Å². The van der Waals surface area contributed by atoms with E-state index in [9.17, 15) is 17.8 Å². The van der Waals surface area contributed by atoms with Crippen LogP contribution in [0.25, 0.3) is 11.1 Å². The lowest BCUT2D eigenvalue weighted by molar-refractivity contribution is 0.101. The minimum absolute atomic E-state index is 0.0569. The first-order chi connectivity index (χ1) is 17.8. The Morgan fingerprint density at radius 1 is 0.784 bits per heavy atom. The third-order valence-electron chi connectivity index (χ3n) is 5.91. The molecule has 2 unspecified atom stereocenters. The number of hydrogen-bond acceptors (Lipinski definition) is 4. The summed E-state index contributed by atoms with van der Waals surface area (Å²) in [7, 11) is -5.05. The van der Waals surface area contributed by atoms with Crippen LogP contribution in [0.1, 0.15) is 37.0 Å². The third kappa shape index (κ3) is 6.93. The van der Waals surface area contributed by atoms with Crippen molar-refractivity contribution in [3.63, 3.8) is 0 Å². The van der Waals surface area contributed by atoms with Crippen LogP contribution in [0.3, 0.4) is 0 Å². The van der Waals surface area contributed by atoms with Crippen LogP contribution in [-0.2, 0) is 21.0 Å². The van der Waals surface area contributed by atoms with E-state index in [1.54, 1.807) is 18.7 Å². The maximum Gasteiger partial charge on any atom is 0.315 e. The van der Waals surface area contributed by atoms with Crippen molar-refractivity contribution < 1.29 is 17.8 Å². The van der Waals surface area contributed by atoms with E-state index in [0.29, 0.717) is 18.4 Å². The van der Waals surface area contributed by atoms with Gasteiger partial charge < -0.3 is 0 Å². The van der Waals surface area contributed by atoms with Gasteiger partial charge in [-0.25, -0.2) is 0 Å². The SMILES string of the molecule is CCCC([S+](c1ccccc1)c1ccc(-c2ccc(Sc3ccc(C(C)=O)cc3)cc2)cc1)S(=O)(=O)O. The highest BCUT2D eigenvalue weighted by atomic mass is 32.3. The van der Waals surface area contributed by atoms with Gasteiger partial charge in [0.1, 0.15) is 0 Å². The van der Waals surface area contributed by atoms with E-state index in [0.717, 1.165) is 30.7 Å². The molecule has 7 heteroatoms. The van der Waals surface area contributed by atoms with E-state index in [2.05, 4.69) is 24.3 Å². The predicted octanol–water partition coefficient (Wildman–Crippen LogP) is 7.76. The van der Waals surface area contributed by atoms with Crippen molar-refractivity contribution in [2.45, 2.75) is 50.9 Å². The Kier molecular flexibility index (Phi) is 8.92. The molecule has 2 atom stereocenters. The molecule has 0 aliphatic heterocycles. The first-order valence-corrected chi connectivity index (χ1v) is 15.6. The largest absolute Gasteiger partial charge is 0.315 e. The van der Waals surface area contributed by atoms with Crippen molar-refractivity contribution >= 4 is 38.6 Å². The van der Waals surface area contributed by atoms with Gasteiger partial charge in [-0.3, -0.25) is 9.35 Å². The molecule has 37 heavy (non-hydrogen) atoms. The molecule has 0 aliphatic rings. The zero-order valence-corrected chi connectivity index (χ0v) is 23.2. The normalized spacial score (nSPS) is 13.2. The summed E-state index contributed by atoms with van der Waals surface area (Å²) in [6.07, 6.45) is 1.04. The number of ketones is 1. The maximum atomic E-state index is 12.4. The fourth-order valence-corrected chi connectivity index (χ4v) is 9.25. The van der Waals surface area contributed by atoms with E-state index >= 15 is 0 Å². The summed E-state index contributed by atoms with van der Waals surface area (Å²) in [5, 5.41) is 0. The number of rotatable bonds is 10. The first-order valence-electron chi connectivity index (χ1n) is 12.0. The van der Waals surface area contributed by atoms with Gasteiger partial charge in [-0.05, 0) is 78.7 Å². The molecule has 0 aliphatic carbocycles. The molecule has 0 saturated carbocycles. The summed E-state index contributed by atoms with van der Waals surface area (Å²) in [5.74, 6) is 0.0569. The average Bonchev–Trinajstić information content (AvgIpc) is 2.90. The Bertz CT molecular complexity index is 1430. The summed E-state index contributed by atoms with van der Waals surface area (Å²) < 4.78 is 33.9. The summed E-state index contributed by atoms with van der Waals surface area (Å²) in [6, 6.07) is 33.4. The molecule has 0 saturated heterocycles. The Hall–Kier alpha value is -2.84. The van der Waals surface area contributed by atoms with Crippen LogP contribution in [0.2, 0.25) is 0 Å². The fourth-order valence-electron chi connectivity index (χ4n) is 4.03. The molecule has 1 N–H and O–H groups in total. The van der Waals surface area contributed by atoms with Gasteiger partial charge in [0.25, 0.3) is 4.58 Å². The monoisotopic (exact) mass is 549 g/mol. The van der Waals surface area contributed by atoms with Crippen molar-refractivity contribution in [2.75, 3.05) is 0 Å². The minimum Gasteiger partial charge on any atom is -0.295 e. The molecule has 4 aromatic rings. The Morgan fingerprint density at radius 3 is 1.76 bits per heavy atom. The molecule has 0 heterocycles. The highest BCUT2D eigenvalue weighted by Crippen LogP contribution is 2.34. The van der Waals surface area contributed by atoms with Crippen LogP contribution >= 0.6 is 11.8 Å². The van der Waals surface area contributed by atoms with E-state index < -0.39 is 25.6 Å². The van der Waals surface area contributed by atoms with Crippen molar-refractivity contribution in [3.05, 3.63) is 109 Å². The summed E-state index contributed by atoms with van der Waals surface area (Å²) in [5.41, 5.74) is 2.79. The van der Waals surface area contributed by atoms with Crippen LogP contribution < -0.4 is 0 Å². The van der Waals surface area contributed by atoms with Crippen molar-refractivity contribution in [1.29, 1.82) is 0 Å². The average molecular weight is 550 g/mol. The molecule has 4 nitrogen and oxygen atoms in total. The smallest absolute Gasteiger partial charge is 0.295 e. The van der Waals surface area contributed by atoms with E-state index in [1.165, 1.54) is 0 Å². The lowest BCUT2D eigenvalue weighted by Crippen LogP contribution is -2.30. The van der Waals surface area contributed by atoms with Crippen LogP contribution in [0.5, 0.6) is 0 Å². The van der Waals surface area contributed by atoms with E-state index in [-0.39, 0.29) is 5.78 Å².